The van der Waals surface area contributed by atoms with Gasteiger partial charge in [0.15, 0.2) is 12.5 Å². The lowest BCUT2D eigenvalue weighted by atomic mass is 10.1. The van der Waals surface area contributed by atoms with Crippen molar-refractivity contribution in [3.05, 3.63) is 71.8 Å². The molecular formula is C17H18N2O4. The van der Waals surface area contributed by atoms with E-state index in [9.17, 15) is 19.8 Å². The maximum absolute atomic E-state index is 12.3. The fraction of sp³-hybridized carbons (Fsp3) is 0.176. The Morgan fingerprint density at radius 3 is 1.61 bits per heavy atom. The largest absolute Gasteiger partial charge is 0.369 e. The number of nitrogens with two attached hydrogens (primary N) is 1. The molecule has 0 spiro atoms. The highest BCUT2D eigenvalue weighted by Crippen LogP contribution is 2.28. The van der Waals surface area contributed by atoms with Crippen LogP contribution < -0.4 is 5.73 Å². The Bertz CT molecular complexity index is 615. The number of amides is 2. The van der Waals surface area contributed by atoms with Crippen LogP contribution in [0.4, 0.5) is 0 Å². The zero-order valence-electron chi connectivity index (χ0n) is 12.4. The van der Waals surface area contributed by atoms with E-state index in [0.29, 0.717) is 11.1 Å². The highest BCUT2D eigenvalue weighted by molar-refractivity contribution is 5.96. The number of rotatable bonds is 6. The van der Waals surface area contributed by atoms with Gasteiger partial charge in [0.05, 0.1) is 0 Å². The Morgan fingerprint density at radius 2 is 1.26 bits per heavy atom. The Morgan fingerprint density at radius 1 is 0.870 bits per heavy atom. The van der Waals surface area contributed by atoms with Crippen molar-refractivity contribution >= 4 is 11.8 Å². The fourth-order valence-electron chi connectivity index (χ4n) is 2.22. The number of primary amides is 1. The van der Waals surface area contributed by atoms with Crippen LogP contribution in [0.2, 0.25) is 0 Å². The molecule has 2 rings (SSSR count). The summed E-state index contributed by atoms with van der Waals surface area (Å²) < 4.78 is 0. The molecule has 2 aromatic carbocycles. The van der Waals surface area contributed by atoms with Crippen molar-refractivity contribution in [2.45, 2.75) is 18.9 Å². The van der Waals surface area contributed by atoms with Crippen molar-refractivity contribution in [3.8, 4) is 0 Å². The van der Waals surface area contributed by atoms with Crippen molar-refractivity contribution in [2.24, 2.45) is 5.73 Å². The molecule has 23 heavy (non-hydrogen) atoms. The van der Waals surface area contributed by atoms with E-state index in [0.717, 1.165) is 4.90 Å². The van der Waals surface area contributed by atoms with Crippen LogP contribution in [-0.4, -0.2) is 26.9 Å². The van der Waals surface area contributed by atoms with E-state index >= 15 is 0 Å². The number of carbonyl (C=O) groups is 2. The number of carbonyl (C=O) groups excluding carboxylic acids is 2. The van der Waals surface area contributed by atoms with Gasteiger partial charge in [0.2, 0.25) is 11.8 Å². The van der Waals surface area contributed by atoms with Crippen LogP contribution in [0.1, 0.15) is 30.0 Å². The second kappa shape index (κ2) is 7.53. The van der Waals surface area contributed by atoms with Gasteiger partial charge in [0.1, 0.15) is 6.42 Å². The molecule has 4 N–H and O–H groups in total. The maximum atomic E-state index is 12.3. The van der Waals surface area contributed by atoms with E-state index in [1.807, 2.05) is 0 Å². The molecule has 0 aromatic heterocycles. The summed E-state index contributed by atoms with van der Waals surface area (Å²) in [6.45, 7) is 0. The molecule has 2 aromatic rings. The minimum Gasteiger partial charge on any atom is -0.369 e. The third kappa shape index (κ3) is 4.15. The molecule has 0 aliphatic heterocycles. The number of aliphatic hydroxyl groups is 2. The summed E-state index contributed by atoms with van der Waals surface area (Å²) in [4.78, 5) is 24.2. The molecule has 0 radical (unpaired) electrons. The SMILES string of the molecule is NC(=O)CC(=O)N(C(O)c1ccccc1)C(O)c1ccccc1. The average Bonchev–Trinajstić information content (AvgIpc) is 2.55. The van der Waals surface area contributed by atoms with E-state index in [2.05, 4.69) is 0 Å². The van der Waals surface area contributed by atoms with Crippen LogP contribution in [0.25, 0.3) is 0 Å². The molecule has 0 fully saturated rings. The minimum absolute atomic E-state index is 0.417. The highest BCUT2D eigenvalue weighted by Gasteiger charge is 2.31. The van der Waals surface area contributed by atoms with Gasteiger partial charge in [-0.05, 0) is 0 Å². The Hall–Kier alpha value is -2.70. The van der Waals surface area contributed by atoms with Gasteiger partial charge in [0, 0.05) is 11.1 Å². The summed E-state index contributed by atoms with van der Waals surface area (Å²) in [5, 5.41) is 21.0. The highest BCUT2D eigenvalue weighted by atomic mass is 16.3. The van der Waals surface area contributed by atoms with Crippen LogP contribution in [0.15, 0.2) is 60.7 Å². The van der Waals surface area contributed by atoms with Gasteiger partial charge in [-0.1, -0.05) is 60.7 Å². The van der Waals surface area contributed by atoms with E-state index in [4.69, 9.17) is 5.73 Å². The zero-order valence-corrected chi connectivity index (χ0v) is 12.4. The van der Waals surface area contributed by atoms with E-state index < -0.39 is 30.7 Å². The molecular weight excluding hydrogens is 296 g/mol. The smallest absolute Gasteiger partial charge is 0.236 e. The summed E-state index contributed by atoms with van der Waals surface area (Å²) in [5.74, 6) is -1.59. The Balaban J connectivity index is 2.35. The zero-order chi connectivity index (χ0) is 16.8. The normalized spacial score (nSPS) is 13.1. The molecule has 2 unspecified atom stereocenters. The molecule has 2 amide bonds. The van der Waals surface area contributed by atoms with Crippen LogP contribution >= 0.6 is 0 Å². The van der Waals surface area contributed by atoms with Crippen molar-refractivity contribution < 1.29 is 19.8 Å². The first-order valence-corrected chi connectivity index (χ1v) is 7.06. The van der Waals surface area contributed by atoms with Crippen molar-refractivity contribution in [1.82, 2.24) is 4.90 Å². The van der Waals surface area contributed by atoms with Crippen molar-refractivity contribution in [2.75, 3.05) is 0 Å². The lowest BCUT2D eigenvalue weighted by Crippen LogP contribution is -2.40. The standard InChI is InChI=1S/C17H18N2O4/c18-14(20)11-15(21)19(16(22)12-7-3-1-4-8-12)17(23)13-9-5-2-6-10-13/h1-10,16-17,22-23H,11H2,(H2,18,20). The van der Waals surface area contributed by atoms with E-state index in [1.54, 1.807) is 60.7 Å². The molecule has 2 atom stereocenters. The third-order valence-electron chi connectivity index (χ3n) is 3.34. The van der Waals surface area contributed by atoms with Gasteiger partial charge < -0.3 is 15.9 Å². The minimum atomic E-state index is -1.40. The summed E-state index contributed by atoms with van der Waals surface area (Å²) in [7, 11) is 0. The van der Waals surface area contributed by atoms with Crippen LogP contribution in [0.5, 0.6) is 0 Å². The number of hydrogen-bond donors (Lipinski definition) is 3. The van der Waals surface area contributed by atoms with Gasteiger partial charge in [-0.2, -0.15) is 0 Å². The summed E-state index contributed by atoms with van der Waals surface area (Å²) in [5.41, 5.74) is 5.89. The first-order chi connectivity index (χ1) is 11.0. The lowest BCUT2D eigenvalue weighted by molar-refractivity contribution is -0.163. The molecule has 6 heteroatoms. The number of benzene rings is 2. The topological polar surface area (TPSA) is 104 Å². The van der Waals surface area contributed by atoms with E-state index in [-0.39, 0.29) is 0 Å². The molecule has 6 nitrogen and oxygen atoms in total. The summed E-state index contributed by atoms with van der Waals surface area (Å²) in [6.07, 6.45) is -3.41. The monoisotopic (exact) mass is 314 g/mol. The van der Waals surface area contributed by atoms with Crippen molar-refractivity contribution in [3.63, 3.8) is 0 Å². The first-order valence-electron chi connectivity index (χ1n) is 7.06. The Labute approximate surface area is 133 Å². The van der Waals surface area contributed by atoms with Gasteiger partial charge in [-0.25, -0.2) is 0 Å². The summed E-state index contributed by atoms with van der Waals surface area (Å²) in [6, 6.07) is 16.8. The molecule has 0 saturated heterocycles. The molecule has 0 aliphatic rings. The van der Waals surface area contributed by atoms with Crippen LogP contribution in [0.3, 0.4) is 0 Å². The van der Waals surface area contributed by atoms with Crippen LogP contribution in [-0.2, 0) is 9.59 Å². The fourth-order valence-corrected chi connectivity index (χ4v) is 2.22. The Kier molecular flexibility index (Phi) is 5.46. The molecule has 120 valence electrons. The lowest BCUT2D eigenvalue weighted by Gasteiger charge is -2.32. The predicted octanol–water partition coefficient (Wildman–Crippen LogP) is 1.07. The average molecular weight is 314 g/mol. The molecule has 0 heterocycles. The summed E-state index contributed by atoms with van der Waals surface area (Å²) >= 11 is 0. The second-order valence-corrected chi connectivity index (χ2v) is 5.01. The van der Waals surface area contributed by atoms with E-state index in [1.165, 1.54) is 0 Å². The quantitative estimate of drug-likeness (QED) is 0.548. The van der Waals surface area contributed by atoms with Crippen molar-refractivity contribution in [1.29, 1.82) is 0 Å². The molecule has 0 saturated carbocycles. The van der Waals surface area contributed by atoms with Crippen LogP contribution in [0, 0.1) is 0 Å². The van der Waals surface area contributed by atoms with Gasteiger partial charge >= 0.3 is 0 Å². The predicted molar refractivity (Wildman–Crippen MR) is 83.5 cm³/mol. The van der Waals surface area contributed by atoms with Gasteiger partial charge in [-0.15, -0.1) is 0 Å². The number of hydrogen-bond acceptors (Lipinski definition) is 4. The maximum Gasteiger partial charge on any atom is 0.236 e. The van der Waals surface area contributed by atoms with Gasteiger partial charge in [0.25, 0.3) is 0 Å². The second-order valence-electron chi connectivity index (χ2n) is 5.01. The molecule has 0 bridgehead atoms. The molecule has 0 aliphatic carbocycles. The number of aliphatic hydroxyl groups excluding tert-OH is 2. The third-order valence-corrected chi connectivity index (χ3v) is 3.34. The number of nitrogens with zero attached hydrogens (tertiary/aromatic N) is 1. The first kappa shape index (κ1) is 16.7. The van der Waals surface area contributed by atoms with Gasteiger partial charge in [-0.3, -0.25) is 14.5 Å².